The van der Waals surface area contributed by atoms with E-state index in [2.05, 4.69) is 48.7 Å². The number of amidine groups is 1. The average Bonchev–Trinajstić information content (AvgIpc) is 3.65. The quantitative estimate of drug-likeness (QED) is 0.623. The van der Waals surface area contributed by atoms with Gasteiger partial charge in [-0.25, -0.2) is 10.2 Å². The Morgan fingerprint density at radius 3 is 2.79 bits per heavy atom. The number of hydroxylamine groups is 1. The Kier molecular flexibility index (Phi) is 5.72. The van der Waals surface area contributed by atoms with Crippen LogP contribution < -0.4 is 15.8 Å². The van der Waals surface area contributed by atoms with Gasteiger partial charge in [-0.3, -0.25) is 14.6 Å². The first kappa shape index (κ1) is 21.4. The van der Waals surface area contributed by atoms with E-state index in [-0.39, 0.29) is 11.6 Å². The Balaban J connectivity index is 1.46. The Morgan fingerprint density at radius 2 is 2.00 bits per heavy atom. The molecule has 1 aliphatic heterocycles. The topological polar surface area (TPSA) is 77.7 Å². The molecule has 0 spiro atoms. The summed E-state index contributed by atoms with van der Waals surface area (Å²) in [5, 5.41) is 4.16. The molecule has 3 aromatic rings. The van der Waals surface area contributed by atoms with Crippen LogP contribution in [0.15, 0.2) is 58.4 Å². The predicted octanol–water partition coefficient (Wildman–Crippen LogP) is 3.96. The molecule has 7 heteroatoms. The van der Waals surface area contributed by atoms with Gasteiger partial charge in [-0.2, -0.15) is 5.10 Å². The number of aliphatic imine (C=N–C) groups is 1. The summed E-state index contributed by atoms with van der Waals surface area (Å²) in [6.45, 7) is 4.63. The molecule has 1 N–H and O–H groups in total. The second kappa shape index (κ2) is 8.83. The van der Waals surface area contributed by atoms with Crippen LogP contribution in [-0.2, 0) is 18.3 Å². The first-order valence-electron chi connectivity index (χ1n) is 11.3. The standard InChI is InChI=1S/C26H28N4O3/c1-16-7-8-18(11-17(16)2)12-21-15-32-29-25(28-21)24-23(14-27-30(3)26(24)31)33-22-6-4-5-20(13-22)19-9-10-19/h4-8,11,13-14,19,21H,9-10,12,15H2,1-3H3,(H,28,29)/t21-/m1/s1. The lowest BCUT2D eigenvalue weighted by atomic mass is 10.0. The number of nitrogens with one attached hydrogen (secondary N) is 1. The van der Waals surface area contributed by atoms with Gasteiger partial charge in [0.15, 0.2) is 11.6 Å². The third kappa shape index (κ3) is 4.68. The smallest absolute Gasteiger partial charge is 0.281 e. The number of aromatic nitrogens is 2. The summed E-state index contributed by atoms with van der Waals surface area (Å²) in [4.78, 5) is 23.5. The molecule has 7 nitrogen and oxygen atoms in total. The lowest BCUT2D eigenvalue weighted by molar-refractivity contribution is 0.0622. The second-order valence-electron chi connectivity index (χ2n) is 8.93. The fraction of sp³-hybridized carbons (Fsp3) is 0.346. The van der Waals surface area contributed by atoms with E-state index in [1.165, 1.54) is 39.8 Å². The van der Waals surface area contributed by atoms with E-state index in [4.69, 9.17) is 14.6 Å². The fourth-order valence-electron chi connectivity index (χ4n) is 4.07. The van der Waals surface area contributed by atoms with Gasteiger partial charge in [0.2, 0.25) is 0 Å². The average molecular weight is 445 g/mol. The maximum atomic E-state index is 13.1. The van der Waals surface area contributed by atoms with Gasteiger partial charge >= 0.3 is 0 Å². The first-order valence-corrected chi connectivity index (χ1v) is 11.3. The zero-order valence-electron chi connectivity index (χ0n) is 19.2. The Labute approximate surface area is 193 Å². The van der Waals surface area contributed by atoms with Crippen LogP contribution in [0.1, 0.15) is 46.6 Å². The van der Waals surface area contributed by atoms with Crippen molar-refractivity contribution in [2.45, 2.75) is 45.1 Å². The third-order valence-corrected chi connectivity index (χ3v) is 6.27. The summed E-state index contributed by atoms with van der Waals surface area (Å²) >= 11 is 0. The molecule has 0 radical (unpaired) electrons. The van der Waals surface area contributed by atoms with E-state index < -0.39 is 0 Å². The fourth-order valence-corrected chi connectivity index (χ4v) is 4.07. The maximum Gasteiger partial charge on any atom is 0.281 e. The normalized spacial score (nSPS) is 17.9. The van der Waals surface area contributed by atoms with Crippen LogP contribution in [0.5, 0.6) is 11.5 Å². The minimum Gasteiger partial charge on any atom is -0.455 e. The minimum atomic E-state index is -0.299. The largest absolute Gasteiger partial charge is 0.455 e. The second-order valence-corrected chi connectivity index (χ2v) is 8.93. The maximum absolute atomic E-state index is 13.1. The van der Waals surface area contributed by atoms with E-state index >= 15 is 0 Å². The Hall–Kier alpha value is -3.45. The SMILES string of the molecule is Cc1ccc(C[C@@H]2CONC(c3c(Oc4cccc(C5CC5)c4)cnn(C)c3=O)=N2)cc1C. The monoisotopic (exact) mass is 444 g/mol. The zero-order chi connectivity index (χ0) is 22.9. The number of aryl methyl sites for hydroxylation is 3. The van der Waals surface area contributed by atoms with Crippen molar-refractivity contribution in [2.75, 3.05) is 6.61 Å². The van der Waals surface area contributed by atoms with Crippen molar-refractivity contribution in [3.63, 3.8) is 0 Å². The highest BCUT2D eigenvalue weighted by Gasteiger charge is 2.26. The van der Waals surface area contributed by atoms with Gasteiger partial charge in [-0.1, -0.05) is 30.3 Å². The van der Waals surface area contributed by atoms with Crippen LogP contribution in [0.2, 0.25) is 0 Å². The van der Waals surface area contributed by atoms with E-state index in [1.807, 2.05) is 18.2 Å². The van der Waals surface area contributed by atoms with Crippen molar-refractivity contribution in [3.8, 4) is 11.5 Å². The van der Waals surface area contributed by atoms with Gasteiger partial charge in [0.25, 0.3) is 5.56 Å². The number of hydrogen-bond acceptors (Lipinski definition) is 6. The summed E-state index contributed by atoms with van der Waals surface area (Å²) in [6.07, 6.45) is 4.69. The lowest BCUT2D eigenvalue weighted by Gasteiger charge is -2.23. The van der Waals surface area contributed by atoms with E-state index in [0.717, 1.165) is 6.42 Å². The molecule has 0 amide bonds. The molecule has 1 aromatic heterocycles. The van der Waals surface area contributed by atoms with Gasteiger partial charge < -0.3 is 4.74 Å². The van der Waals surface area contributed by atoms with E-state index in [1.54, 1.807) is 13.2 Å². The van der Waals surface area contributed by atoms with Crippen molar-refractivity contribution in [3.05, 3.63) is 86.8 Å². The van der Waals surface area contributed by atoms with Crippen molar-refractivity contribution in [1.29, 1.82) is 0 Å². The van der Waals surface area contributed by atoms with Crippen LogP contribution in [0.4, 0.5) is 0 Å². The number of rotatable bonds is 6. The van der Waals surface area contributed by atoms with Crippen LogP contribution in [-0.4, -0.2) is 28.3 Å². The highest BCUT2D eigenvalue weighted by Crippen LogP contribution is 2.41. The van der Waals surface area contributed by atoms with Gasteiger partial charge in [0.1, 0.15) is 11.3 Å². The molecule has 0 saturated heterocycles. The summed E-state index contributed by atoms with van der Waals surface area (Å²) in [5.41, 5.74) is 7.81. The molecule has 170 valence electrons. The molecule has 2 heterocycles. The summed E-state index contributed by atoms with van der Waals surface area (Å²) in [6, 6.07) is 14.3. The van der Waals surface area contributed by atoms with Crippen molar-refractivity contribution < 1.29 is 9.57 Å². The van der Waals surface area contributed by atoms with Crippen LogP contribution in [0.25, 0.3) is 0 Å². The summed E-state index contributed by atoms with van der Waals surface area (Å²) in [7, 11) is 1.61. The third-order valence-electron chi connectivity index (χ3n) is 6.27. The molecule has 1 aliphatic carbocycles. The van der Waals surface area contributed by atoms with E-state index in [9.17, 15) is 4.79 Å². The highest BCUT2D eigenvalue weighted by molar-refractivity contribution is 6.00. The van der Waals surface area contributed by atoms with E-state index in [0.29, 0.717) is 35.4 Å². The molecular formula is C26H28N4O3. The highest BCUT2D eigenvalue weighted by atomic mass is 16.6. The van der Waals surface area contributed by atoms with Crippen LogP contribution >= 0.6 is 0 Å². The van der Waals surface area contributed by atoms with Crippen molar-refractivity contribution >= 4 is 5.84 Å². The molecule has 1 atom stereocenters. The number of hydrogen-bond donors (Lipinski definition) is 1. The Bertz CT molecular complexity index is 1280. The predicted molar refractivity (Wildman–Crippen MR) is 127 cm³/mol. The molecule has 1 fully saturated rings. The molecular weight excluding hydrogens is 416 g/mol. The van der Waals surface area contributed by atoms with Crippen LogP contribution in [0, 0.1) is 13.8 Å². The summed E-state index contributed by atoms with van der Waals surface area (Å²) in [5.74, 6) is 2.01. The van der Waals surface area contributed by atoms with Crippen LogP contribution in [0.3, 0.4) is 0 Å². The molecule has 5 rings (SSSR count). The minimum absolute atomic E-state index is 0.118. The molecule has 33 heavy (non-hydrogen) atoms. The van der Waals surface area contributed by atoms with Crippen molar-refractivity contribution in [1.82, 2.24) is 15.3 Å². The molecule has 2 aliphatic rings. The van der Waals surface area contributed by atoms with Gasteiger partial charge in [-0.05, 0) is 73.4 Å². The molecule has 0 unspecified atom stereocenters. The lowest BCUT2D eigenvalue weighted by Crippen LogP contribution is -2.40. The van der Waals surface area contributed by atoms with Gasteiger partial charge in [-0.15, -0.1) is 0 Å². The molecule has 0 bridgehead atoms. The first-order chi connectivity index (χ1) is 16.0. The molecule has 1 saturated carbocycles. The van der Waals surface area contributed by atoms with Gasteiger partial charge in [0.05, 0.1) is 18.8 Å². The number of benzene rings is 2. The summed E-state index contributed by atoms with van der Waals surface area (Å²) < 4.78 is 7.43. The molecule has 2 aromatic carbocycles. The zero-order valence-corrected chi connectivity index (χ0v) is 19.2. The number of ether oxygens (including phenoxy) is 1. The van der Waals surface area contributed by atoms with Crippen molar-refractivity contribution in [2.24, 2.45) is 12.0 Å². The Morgan fingerprint density at radius 1 is 1.15 bits per heavy atom. The number of nitrogens with zero attached hydrogens (tertiary/aromatic N) is 3. The van der Waals surface area contributed by atoms with Gasteiger partial charge in [0, 0.05) is 7.05 Å².